The number of nitrogens with zero attached hydrogens (tertiary/aromatic N) is 2. The average Bonchev–Trinajstić information content (AvgIpc) is 2.75. The quantitative estimate of drug-likeness (QED) is 0.766. The van der Waals surface area contributed by atoms with Gasteiger partial charge in [0.1, 0.15) is 0 Å². The number of aromatic nitrogens is 2. The first-order valence-corrected chi connectivity index (χ1v) is 6.60. The number of anilines is 1. The highest BCUT2D eigenvalue weighted by Gasteiger charge is 2.13. The first kappa shape index (κ1) is 12.7. The second kappa shape index (κ2) is 4.98. The topological polar surface area (TPSA) is 64.1 Å². The van der Waals surface area contributed by atoms with E-state index in [1.165, 1.54) is 0 Å². The monoisotopic (exact) mass is 267 g/mol. The van der Waals surface area contributed by atoms with Crippen LogP contribution in [0.1, 0.15) is 17.2 Å². The average molecular weight is 267 g/mol. The minimum Gasteiger partial charge on any atom is -0.387 e. The molecule has 0 aliphatic rings. The molecule has 102 valence electrons. The molecule has 3 N–H and O–H groups in total. The van der Waals surface area contributed by atoms with Gasteiger partial charge < -0.3 is 15.4 Å². The summed E-state index contributed by atoms with van der Waals surface area (Å²) in [6.45, 7) is 2.42. The molecule has 2 aromatic carbocycles. The van der Waals surface area contributed by atoms with Crippen molar-refractivity contribution in [2.24, 2.45) is 0 Å². The number of rotatable bonds is 3. The maximum Gasteiger partial charge on any atom is 0.201 e. The highest BCUT2D eigenvalue weighted by Crippen LogP contribution is 2.23. The molecule has 4 heteroatoms. The van der Waals surface area contributed by atoms with Gasteiger partial charge in [-0.1, -0.05) is 36.4 Å². The Morgan fingerprint density at radius 1 is 1.20 bits per heavy atom. The van der Waals surface area contributed by atoms with Crippen LogP contribution in [0.5, 0.6) is 0 Å². The maximum atomic E-state index is 10.3. The highest BCUT2D eigenvalue weighted by molar-refractivity contribution is 5.79. The lowest BCUT2D eigenvalue weighted by molar-refractivity contribution is 0.158. The first-order chi connectivity index (χ1) is 9.65. The summed E-state index contributed by atoms with van der Waals surface area (Å²) in [5, 5.41) is 10.3. The molecule has 0 aliphatic carbocycles. The Morgan fingerprint density at radius 3 is 2.70 bits per heavy atom. The molecule has 0 fully saturated rings. The number of aliphatic hydroxyl groups excluding tert-OH is 1. The highest BCUT2D eigenvalue weighted by atomic mass is 16.3. The van der Waals surface area contributed by atoms with Crippen LogP contribution in [0.2, 0.25) is 0 Å². The van der Waals surface area contributed by atoms with Gasteiger partial charge in [0.2, 0.25) is 5.95 Å². The summed E-state index contributed by atoms with van der Waals surface area (Å²) in [6.07, 6.45) is -0.600. The van der Waals surface area contributed by atoms with Crippen LogP contribution in [0, 0.1) is 6.92 Å². The van der Waals surface area contributed by atoms with Crippen molar-refractivity contribution in [1.29, 1.82) is 0 Å². The van der Waals surface area contributed by atoms with E-state index < -0.39 is 6.10 Å². The molecule has 0 unspecified atom stereocenters. The lowest BCUT2D eigenvalue weighted by atomic mass is 10.1. The molecular weight excluding hydrogens is 250 g/mol. The van der Waals surface area contributed by atoms with E-state index >= 15 is 0 Å². The van der Waals surface area contributed by atoms with Gasteiger partial charge in [0.05, 0.1) is 23.7 Å². The Bertz CT molecular complexity index is 734. The third-order valence-corrected chi connectivity index (χ3v) is 3.47. The molecule has 3 aromatic rings. The summed E-state index contributed by atoms with van der Waals surface area (Å²) < 4.78 is 1.85. The van der Waals surface area contributed by atoms with Gasteiger partial charge in [-0.05, 0) is 30.2 Å². The second-order valence-corrected chi connectivity index (χ2v) is 5.00. The molecule has 0 amide bonds. The Labute approximate surface area is 117 Å². The van der Waals surface area contributed by atoms with Crippen LogP contribution < -0.4 is 5.73 Å². The number of benzene rings is 2. The van der Waals surface area contributed by atoms with Gasteiger partial charge in [-0.3, -0.25) is 0 Å². The minimum atomic E-state index is -0.600. The summed E-state index contributed by atoms with van der Waals surface area (Å²) in [7, 11) is 0. The third kappa shape index (κ3) is 2.26. The molecule has 20 heavy (non-hydrogen) atoms. The molecule has 0 saturated carbocycles. The second-order valence-electron chi connectivity index (χ2n) is 5.00. The number of aryl methyl sites for hydroxylation is 1. The SMILES string of the molecule is Cc1ccc2c(c1)nc(N)n2C[C@H](O)c1ccccc1. The molecule has 1 atom stereocenters. The van der Waals surface area contributed by atoms with Gasteiger partial charge in [-0.15, -0.1) is 0 Å². The van der Waals surface area contributed by atoms with Crippen LogP contribution >= 0.6 is 0 Å². The van der Waals surface area contributed by atoms with E-state index in [4.69, 9.17) is 5.73 Å². The summed E-state index contributed by atoms with van der Waals surface area (Å²) in [4.78, 5) is 4.35. The predicted molar refractivity (Wildman–Crippen MR) is 80.3 cm³/mol. The fourth-order valence-corrected chi connectivity index (χ4v) is 2.40. The van der Waals surface area contributed by atoms with E-state index in [2.05, 4.69) is 4.98 Å². The summed E-state index contributed by atoms with van der Waals surface area (Å²) in [5.74, 6) is 0.431. The number of hydrogen-bond acceptors (Lipinski definition) is 3. The van der Waals surface area contributed by atoms with Gasteiger partial charge in [-0.25, -0.2) is 4.98 Å². The van der Waals surface area contributed by atoms with Crippen molar-refractivity contribution in [2.45, 2.75) is 19.6 Å². The van der Waals surface area contributed by atoms with Crippen LogP contribution in [-0.4, -0.2) is 14.7 Å². The van der Waals surface area contributed by atoms with Gasteiger partial charge in [0.25, 0.3) is 0 Å². The fourth-order valence-electron chi connectivity index (χ4n) is 2.40. The predicted octanol–water partition coefficient (Wildman–Crippen LogP) is 2.66. The maximum absolute atomic E-state index is 10.3. The van der Waals surface area contributed by atoms with Crippen molar-refractivity contribution in [2.75, 3.05) is 5.73 Å². The van der Waals surface area contributed by atoms with E-state index in [-0.39, 0.29) is 0 Å². The molecule has 1 aromatic heterocycles. The number of aliphatic hydroxyl groups is 1. The van der Waals surface area contributed by atoms with E-state index in [1.807, 2.05) is 60.0 Å². The Morgan fingerprint density at radius 2 is 1.95 bits per heavy atom. The molecule has 0 bridgehead atoms. The lowest BCUT2D eigenvalue weighted by Crippen LogP contribution is -2.11. The Kier molecular flexibility index (Phi) is 3.16. The summed E-state index contributed by atoms with van der Waals surface area (Å²) in [6, 6.07) is 15.6. The Hall–Kier alpha value is -2.33. The van der Waals surface area contributed by atoms with Crippen LogP contribution in [0.15, 0.2) is 48.5 Å². The molecule has 4 nitrogen and oxygen atoms in total. The standard InChI is InChI=1S/C16H17N3O/c1-11-7-8-14-13(9-11)18-16(17)19(14)10-15(20)12-5-3-2-4-6-12/h2-9,15,20H,10H2,1H3,(H2,17,18)/t15-/m0/s1. The van der Waals surface area contributed by atoms with Crippen molar-refractivity contribution in [3.63, 3.8) is 0 Å². The van der Waals surface area contributed by atoms with Gasteiger partial charge in [0.15, 0.2) is 0 Å². The zero-order valence-electron chi connectivity index (χ0n) is 11.3. The van der Waals surface area contributed by atoms with Crippen molar-refractivity contribution in [1.82, 2.24) is 9.55 Å². The lowest BCUT2D eigenvalue weighted by Gasteiger charge is -2.13. The minimum absolute atomic E-state index is 0.398. The summed E-state index contributed by atoms with van der Waals surface area (Å²) in [5.41, 5.74) is 9.80. The van der Waals surface area contributed by atoms with Crippen LogP contribution in [-0.2, 0) is 6.54 Å². The number of nitrogen functional groups attached to an aromatic ring is 1. The summed E-state index contributed by atoms with van der Waals surface area (Å²) >= 11 is 0. The fraction of sp³-hybridized carbons (Fsp3) is 0.188. The first-order valence-electron chi connectivity index (χ1n) is 6.60. The number of nitrogens with two attached hydrogens (primary N) is 1. The largest absolute Gasteiger partial charge is 0.387 e. The molecule has 0 aliphatic heterocycles. The molecular formula is C16H17N3O. The van der Waals surface area contributed by atoms with E-state index in [0.717, 1.165) is 22.2 Å². The molecule has 0 radical (unpaired) electrons. The molecule has 3 rings (SSSR count). The number of fused-ring (bicyclic) bond motifs is 1. The van der Waals surface area contributed by atoms with Crippen molar-refractivity contribution in [3.05, 3.63) is 59.7 Å². The van der Waals surface area contributed by atoms with Gasteiger partial charge in [0, 0.05) is 0 Å². The number of hydrogen-bond donors (Lipinski definition) is 2. The smallest absolute Gasteiger partial charge is 0.201 e. The van der Waals surface area contributed by atoms with Crippen molar-refractivity contribution < 1.29 is 5.11 Å². The zero-order valence-corrected chi connectivity index (χ0v) is 11.3. The van der Waals surface area contributed by atoms with Crippen molar-refractivity contribution >= 4 is 17.0 Å². The normalized spacial score (nSPS) is 12.7. The van der Waals surface area contributed by atoms with Gasteiger partial charge >= 0.3 is 0 Å². The van der Waals surface area contributed by atoms with Gasteiger partial charge in [-0.2, -0.15) is 0 Å². The van der Waals surface area contributed by atoms with Crippen LogP contribution in [0.25, 0.3) is 11.0 Å². The van der Waals surface area contributed by atoms with E-state index in [0.29, 0.717) is 12.5 Å². The third-order valence-electron chi connectivity index (χ3n) is 3.47. The van der Waals surface area contributed by atoms with Crippen LogP contribution in [0.3, 0.4) is 0 Å². The molecule has 1 heterocycles. The molecule has 0 saturated heterocycles. The van der Waals surface area contributed by atoms with Crippen molar-refractivity contribution in [3.8, 4) is 0 Å². The van der Waals surface area contributed by atoms with Crippen LogP contribution in [0.4, 0.5) is 5.95 Å². The van der Waals surface area contributed by atoms with E-state index in [1.54, 1.807) is 0 Å². The number of imidazole rings is 1. The zero-order chi connectivity index (χ0) is 14.1. The molecule has 0 spiro atoms. The Balaban J connectivity index is 1.97. The van der Waals surface area contributed by atoms with E-state index in [9.17, 15) is 5.11 Å².